The number of anilines is 1. The van der Waals surface area contributed by atoms with Gasteiger partial charge in [0.15, 0.2) is 6.10 Å². The zero-order valence-electron chi connectivity index (χ0n) is 12.2. The number of ether oxygens (including phenoxy) is 3. The number of carbonyl (C=O) groups is 1. The molecule has 0 aliphatic carbocycles. The third kappa shape index (κ3) is 4.30. The van der Waals surface area contributed by atoms with Crippen LogP contribution in [0.5, 0.6) is 12.0 Å². The molecule has 0 aliphatic heterocycles. The van der Waals surface area contributed by atoms with Crippen LogP contribution in [0.15, 0.2) is 30.3 Å². The topological polar surface area (TPSA) is 109 Å². The molecule has 1 unspecified atom stereocenters. The summed E-state index contributed by atoms with van der Waals surface area (Å²) >= 11 is 0. The Balaban J connectivity index is 1.92. The molecule has 0 saturated heterocycles. The van der Waals surface area contributed by atoms with E-state index in [1.54, 1.807) is 0 Å². The number of nitrogens with zero attached hydrogens (tertiary/aromatic N) is 3. The molecule has 0 fully saturated rings. The molecule has 1 heterocycles. The average molecular weight is 304 g/mol. The third-order valence-corrected chi connectivity index (χ3v) is 2.63. The number of nitrogens with two attached hydrogens (primary N) is 1. The highest BCUT2D eigenvalue weighted by atomic mass is 16.6. The van der Waals surface area contributed by atoms with Gasteiger partial charge in [-0.15, -0.1) is 4.98 Å². The standard InChI is InChI=1S/C14H16N4O4/c1-9(11(19)21-8-10-6-4-3-5-7-10)22-14-17-12(15)16-13(18-14)20-2/h3-7,9H,8H2,1-2H3,(H2,15,16,17,18). The van der Waals surface area contributed by atoms with Crippen LogP contribution in [0.1, 0.15) is 12.5 Å². The van der Waals surface area contributed by atoms with E-state index >= 15 is 0 Å². The molecular weight excluding hydrogens is 288 g/mol. The smallest absolute Gasteiger partial charge is 0.347 e. The molecule has 1 aromatic heterocycles. The minimum atomic E-state index is -0.893. The Morgan fingerprint density at radius 3 is 2.55 bits per heavy atom. The van der Waals surface area contributed by atoms with Crippen LogP contribution < -0.4 is 15.2 Å². The van der Waals surface area contributed by atoms with Crippen molar-refractivity contribution in [3.8, 4) is 12.0 Å². The fourth-order valence-corrected chi connectivity index (χ4v) is 1.55. The van der Waals surface area contributed by atoms with Gasteiger partial charge in [0.05, 0.1) is 7.11 Å². The number of esters is 1. The molecule has 2 rings (SSSR count). The fraction of sp³-hybridized carbons (Fsp3) is 0.286. The van der Waals surface area contributed by atoms with E-state index in [-0.39, 0.29) is 24.6 Å². The van der Waals surface area contributed by atoms with Gasteiger partial charge in [-0.25, -0.2) is 4.79 Å². The van der Waals surface area contributed by atoms with Gasteiger partial charge in [0.2, 0.25) is 5.95 Å². The Morgan fingerprint density at radius 2 is 1.86 bits per heavy atom. The first-order valence-electron chi connectivity index (χ1n) is 6.51. The van der Waals surface area contributed by atoms with Crippen molar-refractivity contribution in [1.29, 1.82) is 0 Å². The highest BCUT2D eigenvalue weighted by Gasteiger charge is 2.19. The molecule has 1 aromatic carbocycles. The lowest BCUT2D eigenvalue weighted by atomic mass is 10.2. The van der Waals surface area contributed by atoms with Gasteiger partial charge < -0.3 is 19.9 Å². The first kappa shape index (κ1) is 15.5. The molecule has 0 aliphatic rings. The molecule has 2 aromatic rings. The first-order chi connectivity index (χ1) is 10.6. The van der Waals surface area contributed by atoms with E-state index in [1.165, 1.54) is 14.0 Å². The summed E-state index contributed by atoms with van der Waals surface area (Å²) in [7, 11) is 1.39. The first-order valence-corrected chi connectivity index (χ1v) is 6.51. The van der Waals surface area contributed by atoms with Crippen molar-refractivity contribution in [2.45, 2.75) is 19.6 Å². The lowest BCUT2D eigenvalue weighted by Crippen LogP contribution is -2.27. The molecule has 0 radical (unpaired) electrons. The van der Waals surface area contributed by atoms with E-state index in [9.17, 15) is 4.79 Å². The molecule has 0 spiro atoms. The zero-order chi connectivity index (χ0) is 15.9. The lowest BCUT2D eigenvalue weighted by Gasteiger charge is -2.13. The Labute approximate surface area is 127 Å². The van der Waals surface area contributed by atoms with E-state index < -0.39 is 12.1 Å². The highest BCUT2D eigenvalue weighted by Crippen LogP contribution is 2.12. The van der Waals surface area contributed by atoms with Crippen LogP contribution in [0.3, 0.4) is 0 Å². The quantitative estimate of drug-likeness (QED) is 0.786. The van der Waals surface area contributed by atoms with Gasteiger partial charge in [0, 0.05) is 0 Å². The molecule has 1 atom stereocenters. The SMILES string of the molecule is COc1nc(N)nc(OC(C)C(=O)OCc2ccccc2)n1. The molecular formula is C14H16N4O4. The van der Waals surface area contributed by atoms with Gasteiger partial charge >= 0.3 is 18.0 Å². The maximum Gasteiger partial charge on any atom is 0.347 e. The van der Waals surface area contributed by atoms with E-state index in [4.69, 9.17) is 19.9 Å². The van der Waals surface area contributed by atoms with Crippen molar-refractivity contribution in [3.63, 3.8) is 0 Å². The van der Waals surface area contributed by atoms with Gasteiger partial charge in [0.25, 0.3) is 0 Å². The van der Waals surface area contributed by atoms with Crippen molar-refractivity contribution in [2.24, 2.45) is 0 Å². The maximum absolute atomic E-state index is 11.9. The summed E-state index contributed by atoms with van der Waals surface area (Å²) in [4.78, 5) is 23.2. The zero-order valence-corrected chi connectivity index (χ0v) is 12.2. The summed E-state index contributed by atoms with van der Waals surface area (Å²) < 4.78 is 15.3. The molecule has 22 heavy (non-hydrogen) atoms. The summed E-state index contributed by atoms with van der Waals surface area (Å²) in [6.45, 7) is 1.69. The summed E-state index contributed by atoms with van der Waals surface area (Å²) in [5, 5.41) is 0. The van der Waals surface area contributed by atoms with E-state index in [0.29, 0.717) is 0 Å². The molecule has 0 saturated carbocycles. The second-order valence-electron chi connectivity index (χ2n) is 4.32. The van der Waals surface area contributed by atoms with Crippen LogP contribution in [0, 0.1) is 0 Å². The molecule has 8 nitrogen and oxygen atoms in total. The molecule has 0 bridgehead atoms. The predicted octanol–water partition coefficient (Wildman–Crippen LogP) is 0.973. The van der Waals surface area contributed by atoms with Crippen molar-refractivity contribution in [2.75, 3.05) is 12.8 Å². The van der Waals surface area contributed by atoms with Crippen LogP contribution in [-0.4, -0.2) is 34.1 Å². The molecule has 116 valence electrons. The van der Waals surface area contributed by atoms with Gasteiger partial charge in [-0.2, -0.15) is 9.97 Å². The van der Waals surface area contributed by atoms with Crippen molar-refractivity contribution >= 4 is 11.9 Å². The number of nitrogen functional groups attached to an aromatic ring is 1. The summed E-state index contributed by atoms with van der Waals surface area (Å²) in [5.74, 6) is -0.603. The van der Waals surface area contributed by atoms with Crippen LogP contribution in [-0.2, 0) is 16.1 Å². The molecule has 0 amide bonds. The minimum absolute atomic E-state index is 0.00681. The van der Waals surface area contributed by atoms with E-state index in [1.807, 2.05) is 30.3 Å². The van der Waals surface area contributed by atoms with Crippen LogP contribution in [0.25, 0.3) is 0 Å². The van der Waals surface area contributed by atoms with Gasteiger partial charge in [-0.3, -0.25) is 0 Å². The van der Waals surface area contributed by atoms with Crippen LogP contribution in [0.2, 0.25) is 0 Å². The maximum atomic E-state index is 11.9. The molecule has 2 N–H and O–H groups in total. The number of methoxy groups -OCH3 is 1. The number of hydrogen-bond donors (Lipinski definition) is 1. The number of benzene rings is 1. The number of carbonyl (C=O) groups excluding carboxylic acids is 1. The second kappa shape index (κ2) is 7.21. The average Bonchev–Trinajstić information content (AvgIpc) is 2.52. The van der Waals surface area contributed by atoms with Gasteiger partial charge in [-0.1, -0.05) is 30.3 Å². The Bertz CT molecular complexity index is 636. The van der Waals surface area contributed by atoms with E-state index in [0.717, 1.165) is 5.56 Å². The number of hydrogen-bond acceptors (Lipinski definition) is 8. The Morgan fingerprint density at radius 1 is 1.18 bits per heavy atom. The normalized spacial score (nSPS) is 11.5. The monoisotopic (exact) mass is 304 g/mol. The van der Waals surface area contributed by atoms with E-state index in [2.05, 4.69) is 15.0 Å². The minimum Gasteiger partial charge on any atom is -0.467 e. The second-order valence-corrected chi connectivity index (χ2v) is 4.32. The fourth-order valence-electron chi connectivity index (χ4n) is 1.55. The van der Waals surface area contributed by atoms with Gasteiger partial charge in [-0.05, 0) is 12.5 Å². The molecule has 8 heteroatoms. The Kier molecular flexibility index (Phi) is 5.07. The van der Waals surface area contributed by atoms with Crippen LogP contribution in [0.4, 0.5) is 5.95 Å². The lowest BCUT2D eigenvalue weighted by molar-refractivity contribution is -0.152. The number of rotatable bonds is 6. The Hall–Kier alpha value is -2.90. The highest BCUT2D eigenvalue weighted by molar-refractivity contribution is 5.74. The van der Waals surface area contributed by atoms with Crippen LogP contribution >= 0.6 is 0 Å². The third-order valence-electron chi connectivity index (χ3n) is 2.63. The van der Waals surface area contributed by atoms with Gasteiger partial charge in [0.1, 0.15) is 6.61 Å². The summed E-state index contributed by atoms with van der Waals surface area (Å²) in [6.07, 6.45) is -0.893. The summed E-state index contributed by atoms with van der Waals surface area (Å²) in [6, 6.07) is 9.23. The van der Waals surface area contributed by atoms with Crippen molar-refractivity contribution in [1.82, 2.24) is 15.0 Å². The summed E-state index contributed by atoms with van der Waals surface area (Å²) in [5.41, 5.74) is 6.37. The van der Waals surface area contributed by atoms with Crippen molar-refractivity contribution in [3.05, 3.63) is 35.9 Å². The predicted molar refractivity (Wildman–Crippen MR) is 77.1 cm³/mol. The van der Waals surface area contributed by atoms with Crippen molar-refractivity contribution < 1.29 is 19.0 Å². The largest absolute Gasteiger partial charge is 0.467 e. The number of aromatic nitrogens is 3.